The number of aromatic nitrogens is 2. The van der Waals surface area contributed by atoms with Crippen LogP contribution in [-0.2, 0) is 0 Å². The van der Waals surface area contributed by atoms with Crippen LogP contribution < -0.4 is 9.80 Å². The van der Waals surface area contributed by atoms with Crippen LogP contribution in [0.15, 0.2) is 328 Å². The summed E-state index contributed by atoms with van der Waals surface area (Å²) >= 11 is 0. The number of anilines is 6. The van der Waals surface area contributed by atoms with E-state index in [4.69, 9.17) is 0 Å². The molecule has 16 rings (SSSR count). The van der Waals surface area contributed by atoms with E-state index < -0.39 is 0 Å². The number of fused-ring (bicyclic) bond motifs is 8. The van der Waals surface area contributed by atoms with Gasteiger partial charge in [0.2, 0.25) is 0 Å². The van der Waals surface area contributed by atoms with Crippen molar-refractivity contribution in [1.82, 2.24) is 9.13 Å². The summed E-state index contributed by atoms with van der Waals surface area (Å²) in [6, 6.07) is 120. The molecule has 0 aliphatic heterocycles. The first kappa shape index (κ1) is 48.7. The Morgan fingerprint density at radius 1 is 0.179 bits per heavy atom. The van der Waals surface area contributed by atoms with E-state index in [1.54, 1.807) is 0 Å². The minimum atomic E-state index is 1.05. The van der Waals surface area contributed by atoms with Crippen molar-refractivity contribution in [1.29, 1.82) is 0 Å². The van der Waals surface area contributed by atoms with Crippen molar-refractivity contribution in [2.75, 3.05) is 9.80 Å². The quantitative estimate of drug-likeness (QED) is 0.128. The fourth-order valence-electron chi connectivity index (χ4n) is 13.0. The highest BCUT2D eigenvalue weighted by atomic mass is 15.1. The van der Waals surface area contributed by atoms with Gasteiger partial charge in [-0.2, -0.15) is 0 Å². The lowest BCUT2D eigenvalue weighted by molar-refractivity contribution is 1.20. The van der Waals surface area contributed by atoms with Crippen LogP contribution in [0, 0.1) is 0 Å². The first-order chi connectivity index (χ1) is 41.7. The monoisotopic (exact) mass is 1070 g/mol. The van der Waals surface area contributed by atoms with Gasteiger partial charge in [-0.1, -0.05) is 206 Å². The fourth-order valence-corrected chi connectivity index (χ4v) is 13.0. The smallest absolute Gasteiger partial charge is 0.0547 e. The number of hydrogen-bond donors (Lipinski definition) is 0. The van der Waals surface area contributed by atoms with Crippen LogP contribution in [-0.4, -0.2) is 9.13 Å². The normalized spacial score (nSPS) is 11.6. The third-order valence-electron chi connectivity index (χ3n) is 16.8. The fraction of sp³-hybridized carbons (Fsp3) is 0. The maximum absolute atomic E-state index is 2.47. The third kappa shape index (κ3) is 8.39. The van der Waals surface area contributed by atoms with Crippen molar-refractivity contribution in [3.05, 3.63) is 328 Å². The Kier molecular flexibility index (Phi) is 11.8. The van der Waals surface area contributed by atoms with Crippen LogP contribution >= 0.6 is 0 Å². The van der Waals surface area contributed by atoms with Crippen molar-refractivity contribution in [3.8, 4) is 44.8 Å². The lowest BCUT2D eigenvalue weighted by atomic mass is 9.93. The molecule has 394 valence electrons. The van der Waals surface area contributed by atoms with Crippen LogP contribution in [0.4, 0.5) is 34.1 Å². The zero-order chi connectivity index (χ0) is 55.5. The lowest BCUT2D eigenvalue weighted by Gasteiger charge is -2.28. The van der Waals surface area contributed by atoms with E-state index in [1.807, 2.05) is 0 Å². The van der Waals surface area contributed by atoms with E-state index in [9.17, 15) is 0 Å². The number of para-hydroxylation sites is 6. The second kappa shape index (κ2) is 20.4. The van der Waals surface area contributed by atoms with Gasteiger partial charge in [0.15, 0.2) is 0 Å². The Bertz CT molecular complexity index is 4720. The Labute approximate surface area is 487 Å². The minimum absolute atomic E-state index is 1.05. The van der Waals surface area contributed by atoms with E-state index in [0.29, 0.717) is 0 Å². The summed E-state index contributed by atoms with van der Waals surface area (Å²) in [5.74, 6) is 0. The zero-order valence-electron chi connectivity index (χ0n) is 46.0. The van der Waals surface area contributed by atoms with E-state index in [0.717, 1.165) is 89.9 Å². The Morgan fingerprint density at radius 3 is 0.857 bits per heavy atom. The second-order valence-corrected chi connectivity index (χ2v) is 21.7. The van der Waals surface area contributed by atoms with Crippen molar-refractivity contribution < 1.29 is 0 Å². The Balaban J connectivity index is 0.968. The standard InChI is InChI=1S/C80H54N4/c1-5-27-63(28-6-1)81(64-29-7-2-8-30-64)67-49-59(57-43-45-73-71-37-17-19-39-77(71)83(79(73)53-57)75-41-21-25-55-23-13-15-35-69(55)75)47-61(51-67)62-48-60(50-68(52-62)82(65-31-9-3-10-32-65)66-33-11-4-12-34-66)58-44-46-74-72-38-18-20-40-78(72)84(80(74)54-58)76-42-22-26-56-24-14-16-36-70(56)76/h1-54H. The van der Waals surface area contributed by atoms with Gasteiger partial charge in [0.1, 0.15) is 0 Å². The summed E-state index contributed by atoms with van der Waals surface area (Å²) in [5, 5.41) is 9.72. The van der Waals surface area contributed by atoms with Gasteiger partial charge in [-0.3, -0.25) is 0 Å². The molecule has 0 radical (unpaired) electrons. The maximum atomic E-state index is 2.47. The molecular formula is C80H54N4. The SMILES string of the molecule is c1ccc(N(c2ccccc2)c2cc(-c3cc(-c4ccc5c6ccccc6n(-c6cccc7ccccc67)c5c4)cc(N(c4ccccc4)c4ccccc4)c3)cc(-c3ccc4c5ccccc5n(-c5cccc6ccccc56)c4c3)c2)cc1. The summed E-state index contributed by atoms with van der Waals surface area (Å²) in [4.78, 5) is 4.79. The molecular weight excluding hydrogens is 1020 g/mol. The molecule has 4 nitrogen and oxygen atoms in total. The highest BCUT2D eigenvalue weighted by Crippen LogP contribution is 2.46. The number of hydrogen-bond acceptors (Lipinski definition) is 2. The summed E-state index contributed by atoms with van der Waals surface area (Å²) in [6.07, 6.45) is 0. The molecule has 14 aromatic carbocycles. The number of benzene rings is 14. The Hall–Kier alpha value is -11.2. The molecule has 84 heavy (non-hydrogen) atoms. The molecule has 16 aromatic rings. The molecule has 0 bridgehead atoms. The molecule has 2 aromatic heterocycles. The summed E-state index contributed by atoms with van der Waals surface area (Å²) in [5.41, 5.74) is 20.0. The third-order valence-corrected chi connectivity index (χ3v) is 16.8. The van der Waals surface area contributed by atoms with Gasteiger partial charge in [0.25, 0.3) is 0 Å². The first-order valence-corrected chi connectivity index (χ1v) is 28.8. The Morgan fingerprint density at radius 2 is 0.476 bits per heavy atom. The molecule has 2 heterocycles. The summed E-state index contributed by atoms with van der Waals surface area (Å²) in [7, 11) is 0. The van der Waals surface area contributed by atoms with Crippen LogP contribution in [0.25, 0.3) is 110 Å². The van der Waals surface area contributed by atoms with Gasteiger partial charge in [0.05, 0.1) is 33.4 Å². The minimum Gasteiger partial charge on any atom is -0.310 e. The molecule has 0 fully saturated rings. The first-order valence-electron chi connectivity index (χ1n) is 28.8. The molecule has 0 unspecified atom stereocenters. The summed E-state index contributed by atoms with van der Waals surface area (Å²) in [6.45, 7) is 0. The van der Waals surface area contributed by atoms with Crippen LogP contribution in [0.2, 0.25) is 0 Å². The second-order valence-electron chi connectivity index (χ2n) is 21.7. The van der Waals surface area contributed by atoms with Crippen molar-refractivity contribution in [2.24, 2.45) is 0 Å². The van der Waals surface area contributed by atoms with Crippen LogP contribution in [0.3, 0.4) is 0 Å². The predicted octanol–water partition coefficient (Wildman–Crippen LogP) is 22.1. The molecule has 0 saturated heterocycles. The average molecular weight is 1070 g/mol. The van der Waals surface area contributed by atoms with Gasteiger partial charge in [0, 0.05) is 66.4 Å². The molecule has 4 heteroatoms. The highest BCUT2D eigenvalue weighted by Gasteiger charge is 2.22. The molecule has 0 atom stereocenters. The topological polar surface area (TPSA) is 16.3 Å². The number of rotatable bonds is 11. The summed E-state index contributed by atoms with van der Waals surface area (Å²) < 4.78 is 4.94. The van der Waals surface area contributed by atoms with Gasteiger partial charge in [-0.15, -0.1) is 0 Å². The molecule has 0 aliphatic rings. The van der Waals surface area contributed by atoms with Gasteiger partial charge >= 0.3 is 0 Å². The van der Waals surface area contributed by atoms with E-state index in [-0.39, 0.29) is 0 Å². The molecule has 0 saturated carbocycles. The van der Waals surface area contributed by atoms with Gasteiger partial charge < -0.3 is 18.9 Å². The van der Waals surface area contributed by atoms with Gasteiger partial charge in [-0.25, -0.2) is 0 Å². The lowest BCUT2D eigenvalue weighted by Crippen LogP contribution is -2.11. The number of nitrogens with zero attached hydrogens (tertiary/aromatic N) is 4. The van der Waals surface area contributed by atoms with E-state index in [2.05, 4.69) is 347 Å². The van der Waals surface area contributed by atoms with E-state index in [1.165, 1.54) is 54.1 Å². The average Bonchev–Trinajstić information content (AvgIpc) is 2.51. The largest absolute Gasteiger partial charge is 0.310 e. The van der Waals surface area contributed by atoms with Crippen molar-refractivity contribution >= 4 is 99.3 Å². The van der Waals surface area contributed by atoms with E-state index >= 15 is 0 Å². The van der Waals surface area contributed by atoms with Crippen LogP contribution in [0.1, 0.15) is 0 Å². The van der Waals surface area contributed by atoms with Crippen molar-refractivity contribution in [2.45, 2.75) is 0 Å². The molecule has 0 amide bonds. The molecule has 0 N–H and O–H groups in total. The zero-order valence-corrected chi connectivity index (χ0v) is 46.0. The maximum Gasteiger partial charge on any atom is 0.0547 e. The predicted molar refractivity (Wildman–Crippen MR) is 356 cm³/mol. The highest BCUT2D eigenvalue weighted by molar-refractivity contribution is 6.13. The van der Waals surface area contributed by atoms with Gasteiger partial charge in [-0.05, 0) is 165 Å². The molecule has 0 aliphatic carbocycles. The van der Waals surface area contributed by atoms with Crippen LogP contribution in [0.5, 0.6) is 0 Å². The van der Waals surface area contributed by atoms with Crippen molar-refractivity contribution in [3.63, 3.8) is 0 Å². The molecule has 0 spiro atoms.